The number of aromatic nitrogens is 2. The van der Waals surface area contributed by atoms with Crippen LogP contribution in [-0.4, -0.2) is 20.2 Å². The predicted octanol–water partition coefficient (Wildman–Crippen LogP) is 2.82. The second kappa shape index (κ2) is 3.94. The molecule has 2 rings (SSSR count). The molecule has 18 heavy (non-hydrogen) atoms. The fourth-order valence-corrected chi connectivity index (χ4v) is 1.50. The summed E-state index contributed by atoms with van der Waals surface area (Å²) in [5, 5.41) is 18.4. The number of aromatic amines is 1. The monoisotopic (exact) mass is 258 g/mol. The molecule has 1 aromatic heterocycles. The summed E-state index contributed by atoms with van der Waals surface area (Å²) in [5.74, 6) is -1.01. The molecule has 0 aliphatic heterocycles. The van der Waals surface area contributed by atoms with Gasteiger partial charge in [0, 0.05) is 5.56 Å². The van der Waals surface area contributed by atoms with Crippen LogP contribution in [0.1, 0.15) is 11.3 Å². The molecule has 0 saturated carbocycles. The lowest BCUT2D eigenvalue weighted by molar-refractivity contribution is -0.138. The summed E-state index contributed by atoms with van der Waals surface area (Å²) >= 11 is 0. The van der Waals surface area contributed by atoms with Gasteiger partial charge in [-0.1, -0.05) is 0 Å². The van der Waals surface area contributed by atoms with E-state index in [-0.39, 0.29) is 17.3 Å². The number of alkyl halides is 3. The SMILES string of the molecule is Cc1[nH]c(-c2ccc(O)c(C(F)(F)F)c2)nc1O. The van der Waals surface area contributed by atoms with Gasteiger partial charge in [0.15, 0.2) is 0 Å². The van der Waals surface area contributed by atoms with Gasteiger partial charge in [-0.05, 0) is 25.1 Å². The molecule has 1 aromatic carbocycles. The Morgan fingerprint density at radius 1 is 1.22 bits per heavy atom. The first-order chi connectivity index (χ1) is 8.29. The van der Waals surface area contributed by atoms with Crippen molar-refractivity contribution >= 4 is 0 Å². The van der Waals surface area contributed by atoms with E-state index in [9.17, 15) is 23.4 Å². The number of benzene rings is 1. The van der Waals surface area contributed by atoms with Crippen LogP contribution in [0.5, 0.6) is 11.6 Å². The third kappa shape index (κ3) is 2.11. The number of aryl methyl sites for hydroxylation is 1. The highest BCUT2D eigenvalue weighted by Gasteiger charge is 2.34. The molecule has 4 nitrogen and oxygen atoms in total. The van der Waals surface area contributed by atoms with Gasteiger partial charge >= 0.3 is 6.18 Å². The Morgan fingerprint density at radius 2 is 1.89 bits per heavy atom. The van der Waals surface area contributed by atoms with Crippen LogP contribution in [0.15, 0.2) is 18.2 Å². The van der Waals surface area contributed by atoms with Gasteiger partial charge in [0.2, 0.25) is 5.88 Å². The topological polar surface area (TPSA) is 69.1 Å². The Labute approximate surface area is 99.7 Å². The lowest BCUT2D eigenvalue weighted by Gasteiger charge is -2.09. The van der Waals surface area contributed by atoms with Crippen LogP contribution < -0.4 is 0 Å². The first kappa shape index (κ1) is 12.3. The van der Waals surface area contributed by atoms with Crippen LogP contribution in [0.2, 0.25) is 0 Å². The van der Waals surface area contributed by atoms with E-state index < -0.39 is 17.5 Å². The van der Waals surface area contributed by atoms with Crippen molar-refractivity contribution in [3.8, 4) is 23.0 Å². The Hall–Kier alpha value is -2.18. The molecule has 7 heteroatoms. The van der Waals surface area contributed by atoms with Gasteiger partial charge in [0.25, 0.3) is 0 Å². The zero-order valence-corrected chi connectivity index (χ0v) is 9.21. The first-order valence-corrected chi connectivity index (χ1v) is 4.95. The minimum atomic E-state index is -4.65. The standard InChI is InChI=1S/C11H9F3N2O2/c1-5-10(18)16-9(15-5)6-2-3-8(17)7(4-6)11(12,13)14/h2-4,17-18H,1H3,(H,15,16). The third-order valence-electron chi connectivity index (χ3n) is 2.43. The largest absolute Gasteiger partial charge is 0.507 e. The van der Waals surface area contributed by atoms with E-state index in [1.165, 1.54) is 13.0 Å². The number of aromatic hydroxyl groups is 2. The number of phenols is 1. The quantitative estimate of drug-likeness (QED) is 0.736. The van der Waals surface area contributed by atoms with Gasteiger partial charge in [0.05, 0.1) is 11.3 Å². The number of phenolic OH excluding ortho intramolecular Hbond substituents is 1. The molecule has 0 amide bonds. The zero-order valence-electron chi connectivity index (χ0n) is 9.21. The summed E-state index contributed by atoms with van der Waals surface area (Å²) in [6, 6.07) is 2.99. The summed E-state index contributed by atoms with van der Waals surface area (Å²) in [6.45, 7) is 1.54. The fraction of sp³-hybridized carbons (Fsp3) is 0.182. The van der Waals surface area contributed by atoms with Gasteiger partial charge in [0.1, 0.15) is 11.6 Å². The second-order valence-corrected chi connectivity index (χ2v) is 3.76. The Bertz CT molecular complexity index is 571. The number of hydrogen-bond donors (Lipinski definition) is 3. The van der Waals surface area contributed by atoms with Gasteiger partial charge in [-0.15, -0.1) is 0 Å². The van der Waals surface area contributed by atoms with E-state index in [0.717, 1.165) is 12.1 Å². The lowest BCUT2D eigenvalue weighted by Crippen LogP contribution is -2.05. The number of halogens is 3. The summed E-state index contributed by atoms with van der Waals surface area (Å²) in [7, 11) is 0. The van der Waals surface area contributed by atoms with Gasteiger partial charge in [-0.25, -0.2) is 0 Å². The van der Waals surface area contributed by atoms with Crippen molar-refractivity contribution in [3.05, 3.63) is 29.5 Å². The summed E-state index contributed by atoms with van der Waals surface area (Å²) in [4.78, 5) is 6.33. The van der Waals surface area contributed by atoms with E-state index in [0.29, 0.717) is 5.69 Å². The van der Waals surface area contributed by atoms with Gasteiger partial charge in [-0.3, -0.25) is 0 Å². The third-order valence-corrected chi connectivity index (χ3v) is 2.43. The maximum absolute atomic E-state index is 12.6. The van der Waals surface area contributed by atoms with Crippen molar-refractivity contribution in [2.75, 3.05) is 0 Å². The fourth-order valence-electron chi connectivity index (χ4n) is 1.50. The van der Waals surface area contributed by atoms with Crippen LogP contribution in [0.3, 0.4) is 0 Å². The highest BCUT2D eigenvalue weighted by molar-refractivity contribution is 5.60. The second-order valence-electron chi connectivity index (χ2n) is 3.76. The Morgan fingerprint density at radius 3 is 2.39 bits per heavy atom. The van der Waals surface area contributed by atoms with E-state index >= 15 is 0 Å². The van der Waals surface area contributed by atoms with Crippen LogP contribution in [0.25, 0.3) is 11.4 Å². The average molecular weight is 258 g/mol. The Kier molecular flexibility index (Phi) is 2.68. The minimum Gasteiger partial charge on any atom is -0.507 e. The molecule has 0 unspecified atom stereocenters. The number of nitrogens with one attached hydrogen (secondary N) is 1. The summed E-state index contributed by atoms with van der Waals surface area (Å²) in [6.07, 6.45) is -4.65. The number of H-pyrrole nitrogens is 1. The van der Waals surface area contributed by atoms with Crippen LogP contribution in [0.4, 0.5) is 13.2 Å². The number of rotatable bonds is 1. The van der Waals surface area contributed by atoms with Crippen molar-refractivity contribution in [2.24, 2.45) is 0 Å². The van der Waals surface area contributed by atoms with Crippen molar-refractivity contribution in [1.82, 2.24) is 9.97 Å². The van der Waals surface area contributed by atoms with E-state index in [2.05, 4.69) is 9.97 Å². The van der Waals surface area contributed by atoms with E-state index in [1.807, 2.05) is 0 Å². The minimum absolute atomic E-state index is 0.107. The van der Waals surface area contributed by atoms with Gasteiger partial charge < -0.3 is 15.2 Å². The molecule has 0 aliphatic rings. The molecule has 1 heterocycles. The normalized spacial score (nSPS) is 11.8. The van der Waals surface area contributed by atoms with Crippen LogP contribution in [-0.2, 0) is 6.18 Å². The van der Waals surface area contributed by atoms with Crippen molar-refractivity contribution in [3.63, 3.8) is 0 Å². The van der Waals surface area contributed by atoms with E-state index in [4.69, 9.17) is 0 Å². The lowest BCUT2D eigenvalue weighted by atomic mass is 10.1. The first-order valence-electron chi connectivity index (χ1n) is 4.95. The number of hydrogen-bond acceptors (Lipinski definition) is 3. The molecule has 0 fully saturated rings. The van der Waals surface area contributed by atoms with E-state index in [1.54, 1.807) is 0 Å². The molecular weight excluding hydrogens is 249 g/mol. The molecule has 0 atom stereocenters. The number of imidazole rings is 1. The smallest absolute Gasteiger partial charge is 0.419 e. The molecule has 96 valence electrons. The van der Waals surface area contributed by atoms with Crippen molar-refractivity contribution < 1.29 is 23.4 Å². The van der Waals surface area contributed by atoms with Crippen LogP contribution in [0, 0.1) is 6.92 Å². The number of nitrogens with zero attached hydrogens (tertiary/aromatic N) is 1. The average Bonchev–Trinajstić information content (AvgIpc) is 2.58. The molecule has 0 bridgehead atoms. The maximum atomic E-state index is 12.6. The van der Waals surface area contributed by atoms with Crippen molar-refractivity contribution in [1.29, 1.82) is 0 Å². The highest BCUT2D eigenvalue weighted by Crippen LogP contribution is 2.37. The molecule has 0 radical (unpaired) electrons. The maximum Gasteiger partial charge on any atom is 0.419 e. The molecule has 0 saturated heterocycles. The molecular formula is C11H9F3N2O2. The summed E-state index contributed by atoms with van der Waals surface area (Å²) in [5.41, 5.74) is -0.663. The summed E-state index contributed by atoms with van der Waals surface area (Å²) < 4.78 is 37.8. The van der Waals surface area contributed by atoms with Crippen molar-refractivity contribution in [2.45, 2.75) is 13.1 Å². The van der Waals surface area contributed by atoms with Crippen LogP contribution >= 0.6 is 0 Å². The Balaban J connectivity index is 2.54. The zero-order chi connectivity index (χ0) is 13.5. The van der Waals surface area contributed by atoms with Gasteiger partial charge in [-0.2, -0.15) is 18.2 Å². The molecule has 0 spiro atoms. The predicted molar refractivity (Wildman–Crippen MR) is 57.1 cm³/mol. The molecule has 3 N–H and O–H groups in total. The molecule has 2 aromatic rings. The molecule has 0 aliphatic carbocycles. The highest BCUT2D eigenvalue weighted by atomic mass is 19.4.